The van der Waals surface area contributed by atoms with Crippen molar-refractivity contribution in [1.82, 2.24) is 0 Å². The van der Waals surface area contributed by atoms with Crippen molar-refractivity contribution < 1.29 is 19.1 Å². The van der Waals surface area contributed by atoms with Crippen LogP contribution in [0.1, 0.15) is 11.5 Å². The van der Waals surface area contributed by atoms with Gasteiger partial charge < -0.3 is 15.2 Å². The smallest absolute Gasteiger partial charge is 0.248 e. The van der Waals surface area contributed by atoms with Gasteiger partial charge in [-0.3, -0.25) is 9.59 Å². The molecule has 7 nitrogen and oxygen atoms in total. The summed E-state index contributed by atoms with van der Waals surface area (Å²) in [7, 11) is 3.04. The molecule has 2 aliphatic heterocycles. The van der Waals surface area contributed by atoms with Gasteiger partial charge in [0.05, 0.1) is 42.5 Å². The highest BCUT2D eigenvalue weighted by atomic mass is 32.2. The van der Waals surface area contributed by atoms with Crippen LogP contribution in [0.2, 0.25) is 0 Å². The summed E-state index contributed by atoms with van der Waals surface area (Å²) in [4.78, 5) is 27.8. The number of imide groups is 1. The van der Waals surface area contributed by atoms with Crippen LogP contribution in [0.5, 0.6) is 11.5 Å². The number of thioether (sulfide) groups is 1. The number of rotatable bonds is 4. The maximum absolute atomic E-state index is 13.4. The molecule has 2 aromatic carbocycles. The first-order chi connectivity index (χ1) is 14.5. The van der Waals surface area contributed by atoms with Crippen molar-refractivity contribution in [3.05, 3.63) is 64.7 Å². The van der Waals surface area contributed by atoms with Gasteiger partial charge in [-0.05, 0) is 29.8 Å². The van der Waals surface area contributed by atoms with E-state index in [1.807, 2.05) is 6.07 Å². The fraction of sp³-hybridized carbons (Fsp3) is 0.227. The number of benzene rings is 2. The Morgan fingerprint density at radius 1 is 1.03 bits per heavy atom. The van der Waals surface area contributed by atoms with Gasteiger partial charge in [-0.1, -0.05) is 36.0 Å². The third kappa shape index (κ3) is 2.99. The Bertz CT molecular complexity index is 1090. The quantitative estimate of drug-likeness (QED) is 0.757. The molecule has 0 spiro atoms. The molecule has 0 aromatic heterocycles. The molecule has 4 rings (SSSR count). The summed E-state index contributed by atoms with van der Waals surface area (Å²) in [6, 6.07) is 16.1. The van der Waals surface area contributed by atoms with E-state index in [-0.39, 0.29) is 22.4 Å². The average Bonchev–Trinajstić information content (AvgIpc) is 3.02. The first-order valence-electron chi connectivity index (χ1n) is 9.23. The Labute approximate surface area is 178 Å². The lowest BCUT2D eigenvalue weighted by atomic mass is 9.79. The highest BCUT2D eigenvalue weighted by Gasteiger charge is 2.56. The van der Waals surface area contributed by atoms with E-state index >= 15 is 0 Å². The Kier molecular flexibility index (Phi) is 5.14. The lowest BCUT2D eigenvalue weighted by Crippen LogP contribution is -2.33. The minimum absolute atomic E-state index is 0.259. The number of fused-ring (bicyclic) bond motifs is 1. The maximum Gasteiger partial charge on any atom is 0.248 e. The minimum Gasteiger partial charge on any atom is -0.493 e. The molecule has 1 fully saturated rings. The van der Waals surface area contributed by atoms with Crippen molar-refractivity contribution in [2.45, 2.75) is 11.2 Å². The summed E-state index contributed by atoms with van der Waals surface area (Å²) in [5.41, 5.74) is 7.63. The molecule has 8 heteroatoms. The van der Waals surface area contributed by atoms with E-state index in [1.54, 1.807) is 42.5 Å². The standard InChI is InChI=1S/C22H19N3O4S/c1-28-15-9-8-12(10-16(15)29-2)17-14(11-23)20(24)30-19-18(17)21(26)25(22(19)27)13-6-4-3-5-7-13/h3-10,17-19H,24H2,1-2H3. The number of methoxy groups -OCH3 is 2. The first-order valence-corrected chi connectivity index (χ1v) is 10.1. The summed E-state index contributed by atoms with van der Waals surface area (Å²) in [6.45, 7) is 0. The fourth-order valence-electron chi connectivity index (χ4n) is 4.02. The molecule has 2 aromatic rings. The first kappa shape index (κ1) is 19.9. The van der Waals surface area contributed by atoms with Crippen LogP contribution < -0.4 is 20.1 Å². The molecule has 3 atom stereocenters. The van der Waals surface area contributed by atoms with Gasteiger partial charge in [0.2, 0.25) is 11.8 Å². The summed E-state index contributed by atoms with van der Waals surface area (Å²) in [6.07, 6.45) is 0. The predicted octanol–water partition coefficient (Wildman–Crippen LogP) is 2.79. The zero-order valence-corrected chi connectivity index (χ0v) is 17.2. The van der Waals surface area contributed by atoms with Gasteiger partial charge in [0.25, 0.3) is 0 Å². The molecule has 1 saturated heterocycles. The van der Waals surface area contributed by atoms with E-state index < -0.39 is 17.1 Å². The van der Waals surface area contributed by atoms with Crippen LogP contribution in [0, 0.1) is 17.2 Å². The third-order valence-electron chi connectivity index (χ3n) is 5.39. The van der Waals surface area contributed by atoms with Gasteiger partial charge in [0, 0.05) is 5.92 Å². The van der Waals surface area contributed by atoms with E-state index in [9.17, 15) is 14.9 Å². The molecule has 2 amide bonds. The number of hydrogen-bond acceptors (Lipinski definition) is 7. The summed E-state index contributed by atoms with van der Waals surface area (Å²) in [5.74, 6) is -1.08. The second-order valence-electron chi connectivity index (χ2n) is 6.89. The maximum atomic E-state index is 13.4. The van der Waals surface area contributed by atoms with Crippen molar-refractivity contribution >= 4 is 29.3 Å². The van der Waals surface area contributed by atoms with Crippen LogP contribution in [0.15, 0.2) is 59.1 Å². The number of nitrogens with two attached hydrogens (primary N) is 1. The summed E-state index contributed by atoms with van der Waals surface area (Å²) in [5, 5.41) is 9.37. The molecular formula is C22H19N3O4S. The highest BCUT2D eigenvalue weighted by molar-refractivity contribution is 8.04. The lowest BCUT2D eigenvalue weighted by molar-refractivity contribution is -0.122. The monoisotopic (exact) mass is 421 g/mol. The second kappa shape index (κ2) is 7.76. The van der Waals surface area contributed by atoms with Crippen molar-refractivity contribution in [1.29, 1.82) is 5.26 Å². The summed E-state index contributed by atoms with van der Waals surface area (Å²) < 4.78 is 10.7. The average molecular weight is 421 g/mol. The Hall–Kier alpha value is -3.44. The van der Waals surface area contributed by atoms with Gasteiger partial charge >= 0.3 is 0 Å². The number of para-hydroxylation sites is 1. The number of hydrogen-bond donors (Lipinski definition) is 1. The van der Waals surface area contributed by atoms with E-state index in [1.165, 1.54) is 19.1 Å². The largest absolute Gasteiger partial charge is 0.493 e. The number of amides is 2. The molecule has 0 aliphatic carbocycles. The van der Waals surface area contributed by atoms with E-state index in [4.69, 9.17) is 15.2 Å². The van der Waals surface area contributed by atoms with Crippen LogP contribution in [0.3, 0.4) is 0 Å². The topological polar surface area (TPSA) is 106 Å². The number of anilines is 1. The molecule has 30 heavy (non-hydrogen) atoms. The van der Waals surface area contributed by atoms with Crippen molar-refractivity contribution in [2.75, 3.05) is 19.1 Å². The van der Waals surface area contributed by atoms with Gasteiger partial charge in [-0.2, -0.15) is 5.26 Å². The number of nitriles is 1. The molecular weight excluding hydrogens is 402 g/mol. The number of carbonyl (C=O) groups excluding carboxylic acids is 2. The van der Waals surface area contributed by atoms with Crippen LogP contribution in [0.25, 0.3) is 0 Å². The number of ether oxygens (including phenoxy) is 2. The lowest BCUT2D eigenvalue weighted by Gasteiger charge is -2.31. The normalized spacial score (nSPS) is 23.2. The zero-order chi connectivity index (χ0) is 21.4. The van der Waals surface area contributed by atoms with E-state index in [0.29, 0.717) is 22.7 Å². The number of carbonyl (C=O) groups is 2. The van der Waals surface area contributed by atoms with E-state index in [0.717, 1.165) is 11.8 Å². The molecule has 2 heterocycles. The molecule has 0 radical (unpaired) electrons. The SMILES string of the molecule is COc1ccc(C2C(C#N)=C(N)SC3C(=O)N(c4ccccc4)C(=O)C32)cc1OC. The fourth-order valence-corrected chi connectivity index (χ4v) is 5.22. The predicted molar refractivity (Wildman–Crippen MR) is 113 cm³/mol. The molecule has 2 N–H and O–H groups in total. The Morgan fingerprint density at radius 2 is 1.73 bits per heavy atom. The van der Waals surface area contributed by atoms with E-state index in [2.05, 4.69) is 6.07 Å². The van der Waals surface area contributed by atoms with Gasteiger partial charge in [-0.15, -0.1) is 0 Å². The molecule has 2 aliphatic rings. The Morgan fingerprint density at radius 3 is 2.37 bits per heavy atom. The Balaban J connectivity index is 1.85. The van der Waals surface area contributed by atoms with Crippen LogP contribution in [-0.4, -0.2) is 31.3 Å². The van der Waals surface area contributed by atoms with Crippen LogP contribution in [0.4, 0.5) is 5.69 Å². The van der Waals surface area contributed by atoms with Gasteiger partial charge in [-0.25, -0.2) is 4.90 Å². The molecule has 152 valence electrons. The number of allylic oxidation sites excluding steroid dienone is 1. The second-order valence-corrected chi connectivity index (χ2v) is 8.08. The summed E-state index contributed by atoms with van der Waals surface area (Å²) >= 11 is 1.08. The highest BCUT2D eigenvalue weighted by Crippen LogP contribution is 2.51. The van der Waals surface area contributed by atoms with Crippen molar-refractivity contribution in [3.63, 3.8) is 0 Å². The third-order valence-corrected chi connectivity index (χ3v) is 6.61. The molecule has 0 saturated carbocycles. The van der Waals surface area contributed by atoms with Gasteiger partial charge in [0.15, 0.2) is 11.5 Å². The van der Waals surface area contributed by atoms with Crippen molar-refractivity contribution in [2.24, 2.45) is 11.7 Å². The van der Waals surface area contributed by atoms with Gasteiger partial charge in [0.1, 0.15) is 5.25 Å². The van der Waals surface area contributed by atoms with Crippen LogP contribution >= 0.6 is 11.8 Å². The molecule has 0 bridgehead atoms. The van der Waals surface area contributed by atoms with Crippen LogP contribution in [-0.2, 0) is 9.59 Å². The van der Waals surface area contributed by atoms with Crippen molar-refractivity contribution in [3.8, 4) is 17.6 Å². The minimum atomic E-state index is -0.747. The zero-order valence-electron chi connectivity index (χ0n) is 16.4. The number of nitrogens with zero attached hydrogens (tertiary/aromatic N) is 2. The molecule has 3 unspecified atom stereocenters.